The Kier molecular flexibility index (Phi) is 7.55. The van der Waals surface area contributed by atoms with E-state index < -0.39 is 25.5 Å². The van der Waals surface area contributed by atoms with Crippen molar-refractivity contribution in [1.82, 2.24) is 5.32 Å². The SMILES string of the molecule is C=CCOC(=O)[C@@H]1CCSC([C@H]2NC(=O)[C@H]2CCO[Si](C)(C)C(C)(C)C)C1=O. The first-order chi connectivity index (χ1) is 13.0. The van der Waals surface area contributed by atoms with E-state index in [4.69, 9.17) is 9.16 Å². The fourth-order valence-corrected chi connectivity index (χ4v) is 5.67. The lowest BCUT2D eigenvalue weighted by molar-refractivity contribution is -0.151. The first-order valence-corrected chi connectivity index (χ1v) is 13.8. The van der Waals surface area contributed by atoms with Crippen LogP contribution < -0.4 is 5.32 Å². The molecule has 2 fully saturated rings. The van der Waals surface area contributed by atoms with Gasteiger partial charge in [-0.15, -0.1) is 11.8 Å². The standard InChI is InChI=1S/C20H33NO5SSi/c1-7-10-25-19(24)14-9-12-27-17(16(14)22)15-13(18(23)21-15)8-11-26-28(5,6)20(2,3)4/h7,13-15,17H,1,8-12H2,2-6H3,(H,21,23)/t13-,14+,15-,17?/m0/s1. The Hall–Kier alpha value is -1.12. The van der Waals surface area contributed by atoms with E-state index in [1.807, 2.05) is 0 Å². The molecule has 0 saturated carbocycles. The van der Waals surface area contributed by atoms with E-state index in [0.29, 0.717) is 25.2 Å². The molecule has 2 aliphatic heterocycles. The lowest BCUT2D eigenvalue weighted by atomic mass is 9.81. The molecule has 2 saturated heterocycles. The van der Waals surface area contributed by atoms with Crippen LogP contribution in [0.4, 0.5) is 0 Å². The summed E-state index contributed by atoms with van der Waals surface area (Å²) in [6.45, 7) is 15.1. The van der Waals surface area contributed by atoms with Gasteiger partial charge in [-0.2, -0.15) is 0 Å². The number of nitrogens with one attached hydrogen (secondary N) is 1. The third-order valence-electron chi connectivity index (χ3n) is 6.06. The molecular weight excluding hydrogens is 394 g/mol. The minimum atomic E-state index is -1.87. The highest BCUT2D eigenvalue weighted by molar-refractivity contribution is 8.00. The second kappa shape index (κ2) is 9.13. The number of ketones is 1. The van der Waals surface area contributed by atoms with Crippen molar-refractivity contribution >= 4 is 37.7 Å². The Balaban J connectivity index is 1.95. The molecule has 4 atom stereocenters. The predicted octanol–water partition coefficient (Wildman–Crippen LogP) is 2.93. The highest BCUT2D eigenvalue weighted by Crippen LogP contribution is 2.38. The van der Waals surface area contributed by atoms with Gasteiger partial charge in [0.15, 0.2) is 14.1 Å². The average molecular weight is 428 g/mol. The molecule has 0 spiro atoms. The third kappa shape index (κ3) is 5.07. The first kappa shape index (κ1) is 23.2. The zero-order valence-corrected chi connectivity index (χ0v) is 19.4. The topological polar surface area (TPSA) is 81.7 Å². The number of ether oxygens (including phenoxy) is 1. The van der Waals surface area contributed by atoms with Gasteiger partial charge in [0.1, 0.15) is 12.5 Å². The molecule has 1 amide bonds. The van der Waals surface area contributed by atoms with Gasteiger partial charge in [0.2, 0.25) is 5.91 Å². The predicted molar refractivity (Wildman–Crippen MR) is 114 cm³/mol. The van der Waals surface area contributed by atoms with Crippen LogP contribution in [-0.4, -0.2) is 56.2 Å². The lowest BCUT2D eigenvalue weighted by Crippen LogP contribution is -2.65. The second-order valence-electron chi connectivity index (χ2n) is 8.99. The molecule has 158 valence electrons. The largest absolute Gasteiger partial charge is 0.461 e. The summed E-state index contributed by atoms with van der Waals surface area (Å²) in [7, 11) is -1.87. The van der Waals surface area contributed by atoms with Gasteiger partial charge >= 0.3 is 5.97 Å². The van der Waals surface area contributed by atoms with Crippen molar-refractivity contribution in [3.63, 3.8) is 0 Å². The van der Waals surface area contributed by atoms with E-state index in [2.05, 4.69) is 45.8 Å². The van der Waals surface area contributed by atoms with Crippen molar-refractivity contribution in [2.45, 2.75) is 63.0 Å². The van der Waals surface area contributed by atoms with E-state index in [1.54, 1.807) is 0 Å². The Labute approximate surface area is 173 Å². The molecule has 0 aliphatic carbocycles. The number of thioether (sulfide) groups is 1. The van der Waals surface area contributed by atoms with Crippen LogP contribution in [0.25, 0.3) is 0 Å². The van der Waals surface area contributed by atoms with Crippen LogP contribution in [-0.2, 0) is 23.5 Å². The van der Waals surface area contributed by atoms with E-state index >= 15 is 0 Å². The second-order valence-corrected chi connectivity index (χ2v) is 15.1. The summed E-state index contributed by atoms with van der Waals surface area (Å²) in [5, 5.41) is 2.60. The van der Waals surface area contributed by atoms with Crippen molar-refractivity contribution in [2.75, 3.05) is 19.0 Å². The van der Waals surface area contributed by atoms with Crippen LogP contribution in [0.1, 0.15) is 33.6 Å². The van der Waals surface area contributed by atoms with Gasteiger partial charge in [-0.1, -0.05) is 33.4 Å². The molecule has 1 N–H and O–H groups in total. The highest BCUT2D eigenvalue weighted by Gasteiger charge is 2.50. The molecule has 0 radical (unpaired) electrons. The summed E-state index contributed by atoms with van der Waals surface area (Å²) >= 11 is 1.52. The van der Waals surface area contributed by atoms with Gasteiger partial charge in [0.25, 0.3) is 0 Å². The average Bonchev–Trinajstić information content (AvgIpc) is 2.60. The van der Waals surface area contributed by atoms with Crippen LogP contribution in [0.5, 0.6) is 0 Å². The van der Waals surface area contributed by atoms with Gasteiger partial charge in [-0.05, 0) is 36.7 Å². The first-order valence-electron chi connectivity index (χ1n) is 9.87. The Bertz CT molecular complexity index is 631. The number of carbonyl (C=O) groups excluding carboxylic acids is 3. The fraction of sp³-hybridized carbons (Fsp3) is 0.750. The smallest absolute Gasteiger partial charge is 0.316 e. The number of carbonyl (C=O) groups is 3. The van der Waals surface area contributed by atoms with Crippen molar-refractivity contribution in [3.05, 3.63) is 12.7 Å². The van der Waals surface area contributed by atoms with Gasteiger partial charge in [-0.3, -0.25) is 14.4 Å². The molecule has 0 aromatic rings. The Morgan fingerprint density at radius 3 is 2.61 bits per heavy atom. The number of β-lactam (4-membered cyclic amide) rings is 1. The van der Waals surface area contributed by atoms with E-state index in [-0.39, 0.29) is 35.3 Å². The minimum Gasteiger partial charge on any atom is -0.461 e. The summed E-state index contributed by atoms with van der Waals surface area (Å²) < 4.78 is 11.3. The summed E-state index contributed by atoms with van der Waals surface area (Å²) in [6.07, 6.45) is 2.57. The number of esters is 1. The maximum Gasteiger partial charge on any atom is 0.316 e. The van der Waals surface area contributed by atoms with E-state index in [1.165, 1.54) is 17.8 Å². The molecular formula is C20H33NO5SSi. The summed E-state index contributed by atoms with van der Waals surface area (Å²) in [5.74, 6) is -0.941. The van der Waals surface area contributed by atoms with Gasteiger partial charge in [0.05, 0.1) is 17.2 Å². The maximum atomic E-state index is 12.9. The van der Waals surface area contributed by atoms with E-state index in [0.717, 1.165) is 0 Å². The summed E-state index contributed by atoms with van der Waals surface area (Å²) in [4.78, 5) is 37.1. The molecule has 2 aliphatic rings. The van der Waals surface area contributed by atoms with Gasteiger partial charge < -0.3 is 14.5 Å². The van der Waals surface area contributed by atoms with Crippen LogP contribution in [0.15, 0.2) is 12.7 Å². The molecule has 0 bridgehead atoms. The molecule has 0 aromatic heterocycles. The fourth-order valence-electron chi connectivity index (χ4n) is 3.19. The van der Waals surface area contributed by atoms with Crippen LogP contribution in [0.3, 0.4) is 0 Å². The Morgan fingerprint density at radius 2 is 2.04 bits per heavy atom. The quantitative estimate of drug-likeness (QED) is 0.211. The summed E-state index contributed by atoms with van der Waals surface area (Å²) in [6, 6.07) is -0.233. The van der Waals surface area contributed by atoms with Crippen molar-refractivity contribution in [1.29, 1.82) is 0 Å². The van der Waals surface area contributed by atoms with Gasteiger partial charge in [0, 0.05) is 6.61 Å². The van der Waals surface area contributed by atoms with Gasteiger partial charge in [-0.25, -0.2) is 0 Å². The number of Topliss-reactive ketones (excluding diaryl/α,β-unsaturated/α-hetero) is 1. The van der Waals surface area contributed by atoms with Crippen molar-refractivity contribution in [3.8, 4) is 0 Å². The summed E-state index contributed by atoms with van der Waals surface area (Å²) in [5.41, 5.74) is 0. The van der Waals surface area contributed by atoms with Crippen molar-refractivity contribution < 1.29 is 23.5 Å². The minimum absolute atomic E-state index is 0.0337. The molecule has 28 heavy (non-hydrogen) atoms. The normalized spacial score (nSPS) is 28.3. The number of hydrogen-bond acceptors (Lipinski definition) is 6. The number of amides is 1. The Morgan fingerprint density at radius 1 is 1.36 bits per heavy atom. The van der Waals surface area contributed by atoms with E-state index in [9.17, 15) is 14.4 Å². The van der Waals surface area contributed by atoms with Crippen LogP contribution >= 0.6 is 11.8 Å². The molecule has 1 unspecified atom stereocenters. The number of rotatable bonds is 8. The van der Waals surface area contributed by atoms with Crippen LogP contribution in [0.2, 0.25) is 18.1 Å². The highest BCUT2D eigenvalue weighted by atomic mass is 32.2. The lowest BCUT2D eigenvalue weighted by Gasteiger charge is -2.43. The molecule has 8 heteroatoms. The zero-order chi connectivity index (χ0) is 21.1. The van der Waals surface area contributed by atoms with Crippen molar-refractivity contribution in [2.24, 2.45) is 11.8 Å². The van der Waals surface area contributed by atoms with Crippen LogP contribution in [0, 0.1) is 11.8 Å². The third-order valence-corrected chi connectivity index (χ3v) is 12.0. The molecule has 0 aromatic carbocycles. The number of hydrogen-bond donors (Lipinski definition) is 1. The molecule has 2 rings (SSSR count). The maximum absolute atomic E-state index is 12.9. The zero-order valence-electron chi connectivity index (χ0n) is 17.6. The molecule has 2 heterocycles. The monoisotopic (exact) mass is 427 g/mol. The molecule has 6 nitrogen and oxygen atoms in total.